The summed E-state index contributed by atoms with van der Waals surface area (Å²) in [6, 6.07) is 8.49. The largest absolute Gasteiger partial charge is 0.496 e. The molecule has 0 spiro atoms. The van der Waals surface area contributed by atoms with Crippen LogP contribution < -0.4 is 4.74 Å². The number of carbonyl (C=O) groups excluding carboxylic acids is 1. The van der Waals surface area contributed by atoms with Gasteiger partial charge in [0.1, 0.15) is 5.75 Å². The van der Waals surface area contributed by atoms with E-state index in [0.29, 0.717) is 5.91 Å². The highest BCUT2D eigenvalue weighted by Crippen LogP contribution is 2.60. The molecule has 4 nitrogen and oxygen atoms in total. The SMILES string of the molecule is COc1ccccc1C1CN(C(=O)C23CC4CC(CC(C4)C2)C3)CCN1C. The van der Waals surface area contributed by atoms with E-state index in [1.807, 2.05) is 12.1 Å². The molecule has 5 fully saturated rings. The van der Waals surface area contributed by atoms with Crippen LogP contribution in [0.5, 0.6) is 5.75 Å². The summed E-state index contributed by atoms with van der Waals surface area (Å²) in [6.07, 6.45) is 7.63. The summed E-state index contributed by atoms with van der Waals surface area (Å²) in [5.41, 5.74) is 1.17. The first-order valence-corrected chi connectivity index (χ1v) is 10.7. The van der Waals surface area contributed by atoms with Gasteiger partial charge in [0.2, 0.25) is 5.91 Å². The molecule has 1 aromatic carbocycles. The fourth-order valence-electron chi connectivity index (χ4n) is 7.04. The molecule has 4 saturated carbocycles. The van der Waals surface area contributed by atoms with E-state index in [0.717, 1.165) is 62.4 Å². The van der Waals surface area contributed by atoms with E-state index in [4.69, 9.17) is 4.74 Å². The number of hydrogen-bond donors (Lipinski definition) is 0. The number of hydrogen-bond acceptors (Lipinski definition) is 3. The lowest BCUT2D eigenvalue weighted by molar-refractivity contribution is -0.160. The summed E-state index contributed by atoms with van der Waals surface area (Å²) in [5.74, 6) is 3.85. The zero-order chi connectivity index (χ0) is 18.6. The molecule has 4 bridgehead atoms. The molecule has 0 radical (unpaired) electrons. The molecule has 1 unspecified atom stereocenters. The van der Waals surface area contributed by atoms with Crippen LogP contribution in [0.15, 0.2) is 24.3 Å². The highest BCUT2D eigenvalue weighted by atomic mass is 16.5. The van der Waals surface area contributed by atoms with Gasteiger partial charge in [-0.2, -0.15) is 0 Å². The van der Waals surface area contributed by atoms with E-state index in [-0.39, 0.29) is 11.5 Å². The van der Waals surface area contributed by atoms with Gasteiger partial charge < -0.3 is 9.64 Å². The van der Waals surface area contributed by atoms with Gasteiger partial charge in [0.05, 0.1) is 18.6 Å². The van der Waals surface area contributed by atoms with Gasteiger partial charge in [-0.05, 0) is 69.4 Å². The molecule has 1 amide bonds. The number of methoxy groups -OCH3 is 1. The maximum atomic E-state index is 13.8. The van der Waals surface area contributed by atoms with Crippen molar-refractivity contribution in [1.29, 1.82) is 0 Å². The van der Waals surface area contributed by atoms with E-state index in [1.165, 1.54) is 24.8 Å². The number of benzene rings is 1. The van der Waals surface area contributed by atoms with Gasteiger partial charge in [-0.1, -0.05) is 18.2 Å². The van der Waals surface area contributed by atoms with Crippen LogP contribution in [-0.2, 0) is 4.79 Å². The van der Waals surface area contributed by atoms with Crippen molar-refractivity contribution < 1.29 is 9.53 Å². The van der Waals surface area contributed by atoms with E-state index in [2.05, 4.69) is 29.0 Å². The molecular formula is C23H32N2O2. The smallest absolute Gasteiger partial charge is 0.228 e. The van der Waals surface area contributed by atoms with Crippen molar-refractivity contribution in [1.82, 2.24) is 9.80 Å². The van der Waals surface area contributed by atoms with Crippen LogP contribution in [0.3, 0.4) is 0 Å². The Hall–Kier alpha value is -1.55. The average molecular weight is 369 g/mol. The lowest BCUT2D eigenvalue weighted by Gasteiger charge is -2.57. The minimum absolute atomic E-state index is 0.0318. The lowest BCUT2D eigenvalue weighted by atomic mass is 9.49. The third kappa shape index (κ3) is 2.88. The van der Waals surface area contributed by atoms with Crippen molar-refractivity contribution >= 4 is 5.91 Å². The van der Waals surface area contributed by atoms with Crippen molar-refractivity contribution in [3.8, 4) is 5.75 Å². The Kier molecular flexibility index (Phi) is 4.23. The average Bonchev–Trinajstić information content (AvgIpc) is 2.67. The first-order valence-electron chi connectivity index (χ1n) is 10.7. The number of para-hydroxylation sites is 1. The molecule has 4 aliphatic carbocycles. The molecule has 4 heteroatoms. The summed E-state index contributed by atoms with van der Waals surface area (Å²) in [4.78, 5) is 18.3. The number of amides is 1. The molecule has 0 N–H and O–H groups in total. The molecule has 6 rings (SSSR count). The standard InChI is InChI=1S/C23H32N2O2/c1-24-7-8-25(15-20(24)19-5-3-4-6-21(19)27-2)22(26)23-12-16-9-17(13-23)11-18(10-16)14-23/h3-6,16-18,20H,7-15H2,1-2H3. The Morgan fingerprint density at radius 2 is 1.67 bits per heavy atom. The van der Waals surface area contributed by atoms with Crippen LogP contribution in [0.2, 0.25) is 0 Å². The van der Waals surface area contributed by atoms with Crippen molar-refractivity contribution in [2.45, 2.75) is 44.6 Å². The first kappa shape index (κ1) is 17.5. The maximum absolute atomic E-state index is 13.8. The van der Waals surface area contributed by atoms with Gasteiger partial charge in [-0.25, -0.2) is 0 Å². The van der Waals surface area contributed by atoms with Crippen LogP contribution in [-0.4, -0.2) is 49.5 Å². The van der Waals surface area contributed by atoms with Crippen molar-refractivity contribution in [2.24, 2.45) is 23.2 Å². The van der Waals surface area contributed by atoms with Crippen LogP contribution >= 0.6 is 0 Å². The zero-order valence-electron chi connectivity index (χ0n) is 16.7. The Balaban J connectivity index is 1.39. The van der Waals surface area contributed by atoms with Crippen molar-refractivity contribution in [3.05, 3.63) is 29.8 Å². The van der Waals surface area contributed by atoms with Crippen molar-refractivity contribution in [3.63, 3.8) is 0 Å². The number of piperazine rings is 1. The molecule has 27 heavy (non-hydrogen) atoms. The number of nitrogens with zero attached hydrogens (tertiary/aromatic N) is 2. The second kappa shape index (κ2) is 6.51. The topological polar surface area (TPSA) is 32.8 Å². The van der Waals surface area contributed by atoms with E-state index >= 15 is 0 Å². The molecule has 1 atom stereocenters. The zero-order valence-corrected chi connectivity index (χ0v) is 16.7. The maximum Gasteiger partial charge on any atom is 0.228 e. The predicted octanol–water partition coefficient (Wildman–Crippen LogP) is 3.73. The second-order valence-corrected chi connectivity index (χ2v) is 9.69. The number of likely N-dealkylation sites (N-methyl/N-ethyl adjacent to an activating group) is 1. The Labute approximate surface area is 162 Å². The molecule has 0 aromatic heterocycles. The number of rotatable bonds is 3. The summed E-state index contributed by atoms with van der Waals surface area (Å²) >= 11 is 0. The minimum atomic E-state index is -0.0318. The van der Waals surface area contributed by atoms with E-state index < -0.39 is 0 Å². The number of ether oxygens (including phenoxy) is 1. The minimum Gasteiger partial charge on any atom is -0.496 e. The van der Waals surface area contributed by atoms with Gasteiger partial charge in [-0.15, -0.1) is 0 Å². The van der Waals surface area contributed by atoms with Crippen LogP contribution in [0.25, 0.3) is 0 Å². The summed E-state index contributed by atoms with van der Waals surface area (Å²) < 4.78 is 5.61. The summed E-state index contributed by atoms with van der Waals surface area (Å²) in [5, 5.41) is 0. The lowest BCUT2D eigenvalue weighted by Crippen LogP contribution is -2.58. The fraction of sp³-hybridized carbons (Fsp3) is 0.696. The Morgan fingerprint density at radius 3 is 2.30 bits per heavy atom. The van der Waals surface area contributed by atoms with Crippen LogP contribution in [0.1, 0.15) is 50.1 Å². The fourth-order valence-corrected chi connectivity index (χ4v) is 7.04. The van der Waals surface area contributed by atoms with Gasteiger partial charge in [0.15, 0.2) is 0 Å². The molecule has 1 heterocycles. The van der Waals surface area contributed by atoms with Crippen molar-refractivity contribution in [2.75, 3.05) is 33.8 Å². The van der Waals surface area contributed by atoms with Crippen LogP contribution in [0.4, 0.5) is 0 Å². The van der Waals surface area contributed by atoms with Crippen LogP contribution in [0, 0.1) is 23.2 Å². The summed E-state index contributed by atoms with van der Waals surface area (Å²) in [6.45, 7) is 2.58. The highest BCUT2D eigenvalue weighted by molar-refractivity contribution is 5.83. The molecule has 1 saturated heterocycles. The molecule has 146 valence electrons. The van der Waals surface area contributed by atoms with Gasteiger partial charge >= 0.3 is 0 Å². The Morgan fingerprint density at radius 1 is 1.04 bits per heavy atom. The first-order chi connectivity index (χ1) is 13.1. The summed E-state index contributed by atoms with van der Waals surface area (Å²) in [7, 11) is 3.91. The molecule has 5 aliphatic rings. The van der Waals surface area contributed by atoms with Gasteiger partial charge in [0.25, 0.3) is 0 Å². The predicted molar refractivity (Wildman–Crippen MR) is 106 cm³/mol. The molecular weight excluding hydrogens is 336 g/mol. The third-order valence-corrected chi connectivity index (χ3v) is 7.93. The molecule has 1 aromatic rings. The van der Waals surface area contributed by atoms with E-state index in [1.54, 1.807) is 7.11 Å². The monoisotopic (exact) mass is 368 g/mol. The quantitative estimate of drug-likeness (QED) is 0.815. The highest BCUT2D eigenvalue weighted by Gasteiger charge is 2.56. The van der Waals surface area contributed by atoms with Gasteiger partial charge in [-0.3, -0.25) is 9.69 Å². The second-order valence-electron chi connectivity index (χ2n) is 9.69. The third-order valence-electron chi connectivity index (χ3n) is 7.93. The normalized spacial score (nSPS) is 38.2. The molecule has 1 aliphatic heterocycles. The Bertz CT molecular complexity index is 696. The number of carbonyl (C=O) groups is 1. The van der Waals surface area contributed by atoms with E-state index in [9.17, 15) is 4.79 Å². The van der Waals surface area contributed by atoms with Gasteiger partial charge in [0, 0.05) is 25.2 Å².